The monoisotopic (exact) mass is 357 g/mol. The number of quaternary nitrogens is 2. The molecule has 0 bridgehead atoms. The first kappa shape index (κ1) is 16.0. The third-order valence-electron chi connectivity index (χ3n) is 4.92. The molecule has 1 aliphatic heterocycles. The molecule has 2 N–H and O–H groups in total. The molecule has 0 unspecified atom stereocenters. The van der Waals surface area contributed by atoms with Crippen LogP contribution in [-0.2, 0) is 13.2 Å². The number of benzene rings is 2. The summed E-state index contributed by atoms with van der Waals surface area (Å²) >= 11 is 7.32. The van der Waals surface area contributed by atoms with Crippen molar-refractivity contribution in [2.45, 2.75) is 13.2 Å². The molecule has 1 fully saturated rings. The van der Waals surface area contributed by atoms with Gasteiger partial charge in [0.25, 0.3) is 0 Å². The number of rotatable bonds is 4. The fourth-order valence-corrected chi connectivity index (χ4v) is 4.89. The molecule has 3 nitrogen and oxygen atoms in total. The SMILES string of the molecule is S=c1sc2ccccc2n1C[NH+]1CC[NH+](Cc2ccccc2)CC1. The van der Waals surface area contributed by atoms with Crippen LogP contribution < -0.4 is 9.80 Å². The standard InChI is InChI=1S/C19H21N3S2/c23-19-22(17-8-4-5-9-18(17)24-19)15-21-12-10-20(11-13-21)14-16-6-2-1-3-7-16/h1-9H,10-15H2/p+2. The van der Waals surface area contributed by atoms with Gasteiger partial charge in [0.15, 0.2) is 10.6 Å². The van der Waals surface area contributed by atoms with Crippen LogP contribution in [-0.4, -0.2) is 30.7 Å². The predicted molar refractivity (Wildman–Crippen MR) is 102 cm³/mol. The third-order valence-corrected chi connectivity index (χ3v) is 6.35. The van der Waals surface area contributed by atoms with E-state index in [1.165, 1.54) is 42.0 Å². The van der Waals surface area contributed by atoms with E-state index in [9.17, 15) is 0 Å². The molecule has 5 heteroatoms. The molecule has 0 saturated carbocycles. The highest BCUT2D eigenvalue weighted by Gasteiger charge is 2.23. The highest BCUT2D eigenvalue weighted by atomic mass is 32.1. The summed E-state index contributed by atoms with van der Waals surface area (Å²) in [4.78, 5) is 3.34. The normalized spacial score (nSPS) is 21.2. The zero-order valence-corrected chi connectivity index (χ0v) is 15.3. The van der Waals surface area contributed by atoms with Gasteiger partial charge in [-0.3, -0.25) is 4.57 Å². The molecule has 2 aromatic carbocycles. The van der Waals surface area contributed by atoms with Crippen LogP contribution in [0.15, 0.2) is 54.6 Å². The van der Waals surface area contributed by atoms with E-state index in [2.05, 4.69) is 59.2 Å². The lowest BCUT2D eigenvalue weighted by atomic mass is 10.2. The molecule has 3 aromatic rings. The number of nitrogens with zero attached hydrogens (tertiary/aromatic N) is 1. The van der Waals surface area contributed by atoms with Gasteiger partial charge in [-0.15, -0.1) is 11.3 Å². The van der Waals surface area contributed by atoms with Gasteiger partial charge in [0.1, 0.15) is 32.7 Å². The molecule has 24 heavy (non-hydrogen) atoms. The number of fused-ring (bicyclic) bond motifs is 1. The molecule has 0 atom stereocenters. The molecule has 0 aliphatic carbocycles. The minimum atomic E-state index is 1.00. The van der Waals surface area contributed by atoms with Gasteiger partial charge in [0.05, 0.1) is 10.2 Å². The van der Waals surface area contributed by atoms with Gasteiger partial charge in [0.2, 0.25) is 0 Å². The Bertz CT molecular complexity index is 861. The average Bonchev–Trinajstić information content (AvgIpc) is 2.93. The Kier molecular flexibility index (Phi) is 4.76. The second kappa shape index (κ2) is 7.15. The zero-order chi connectivity index (χ0) is 16.4. The summed E-state index contributed by atoms with van der Waals surface area (Å²) in [7, 11) is 0. The number of nitrogens with one attached hydrogen (secondary N) is 2. The Balaban J connectivity index is 1.39. The van der Waals surface area contributed by atoms with E-state index in [4.69, 9.17) is 12.2 Å². The summed E-state index contributed by atoms with van der Waals surface area (Å²) in [6, 6.07) is 19.4. The molecule has 124 valence electrons. The van der Waals surface area contributed by atoms with E-state index in [-0.39, 0.29) is 0 Å². The van der Waals surface area contributed by atoms with Crippen molar-refractivity contribution in [2.24, 2.45) is 0 Å². The van der Waals surface area contributed by atoms with Gasteiger partial charge in [-0.1, -0.05) is 42.5 Å². The molecule has 1 aromatic heterocycles. The maximum absolute atomic E-state index is 5.59. The van der Waals surface area contributed by atoms with Gasteiger partial charge in [-0.2, -0.15) is 0 Å². The second-order valence-electron chi connectivity index (χ2n) is 6.58. The molecular formula is C19H23N3S2+2. The second-order valence-corrected chi connectivity index (χ2v) is 8.26. The van der Waals surface area contributed by atoms with E-state index in [1.807, 2.05) is 0 Å². The first-order valence-corrected chi connectivity index (χ1v) is 9.81. The van der Waals surface area contributed by atoms with E-state index in [0.29, 0.717) is 0 Å². The lowest BCUT2D eigenvalue weighted by molar-refractivity contribution is -1.03. The number of hydrogen-bond acceptors (Lipinski definition) is 2. The van der Waals surface area contributed by atoms with Crippen LogP contribution in [0.4, 0.5) is 0 Å². The third kappa shape index (κ3) is 3.44. The van der Waals surface area contributed by atoms with Crippen molar-refractivity contribution >= 4 is 33.8 Å². The first-order valence-electron chi connectivity index (χ1n) is 8.59. The molecule has 0 spiro atoms. The number of hydrogen-bond donors (Lipinski definition) is 2. The van der Waals surface area contributed by atoms with Crippen LogP contribution in [0.3, 0.4) is 0 Å². The summed E-state index contributed by atoms with van der Waals surface area (Å²) in [6.45, 7) is 7.05. The number of aromatic nitrogens is 1. The van der Waals surface area contributed by atoms with Crippen LogP contribution in [0.2, 0.25) is 0 Å². The quantitative estimate of drug-likeness (QED) is 0.673. The molecular weight excluding hydrogens is 334 g/mol. The Hall–Kier alpha value is -1.53. The molecule has 1 aliphatic rings. The van der Waals surface area contributed by atoms with Crippen molar-refractivity contribution in [2.75, 3.05) is 26.2 Å². The van der Waals surface area contributed by atoms with Gasteiger partial charge in [-0.25, -0.2) is 0 Å². The number of thiazole rings is 1. The maximum atomic E-state index is 5.59. The van der Waals surface area contributed by atoms with Crippen molar-refractivity contribution in [3.8, 4) is 0 Å². The fourth-order valence-electron chi connectivity index (χ4n) is 3.56. The van der Waals surface area contributed by atoms with E-state index >= 15 is 0 Å². The van der Waals surface area contributed by atoms with E-state index < -0.39 is 0 Å². The van der Waals surface area contributed by atoms with Crippen LogP contribution in [0.1, 0.15) is 5.56 Å². The summed E-state index contributed by atoms with van der Waals surface area (Å²) in [6.07, 6.45) is 0. The minimum absolute atomic E-state index is 1.00. The Morgan fingerprint density at radius 2 is 1.54 bits per heavy atom. The van der Waals surface area contributed by atoms with Crippen LogP contribution in [0, 0.1) is 3.95 Å². The van der Waals surface area contributed by atoms with E-state index in [1.54, 1.807) is 21.1 Å². The van der Waals surface area contributed by atoms with Crippen molar-refractivity contribution in [3.05, 3.63) is 64.1 Å². The van der Waals surface area contributed by atoms with Crippen molar-refractivity contribution in [1.29, 1.82) is 0 Å². The molecule has 0 amide bonds. The molecule has 0 radical (unpaired) electrons. The van der Waals surface area contributed by atoms with Crippen molar-refractivity contribution in [1.82, 2.24) is 4.57 Å². The van der Waals surface area contributed by atoms with Gasteiger partial charge in [0, 0.05) is 5.56 Å². The van der Waals surface area contributed by atoms with Gasteiger partial charge >= 0.3 is 0 Å². The lowest BCUT2D eigenvalue weighted by Crippen LogP contribution is -3.27. The minimum Gasteiger partial charge on any atom is -0.322 e. The highest BCUT2D eigenvalue weighted by molar-refractivity contribution is 7.73. The van der Waals surface area contributed by atoms with Crippen LogP contribution in [0.25, 0.3) is 10.2 Å². The van der Waals surface area contributed by atoms with Gasteiger partial charge in [-0.05, 0) is 24.4 Å². The summed E-state index contributed by atoms with van der Waals surface area (Å²) < 4.78 is 4.63. The largest absolute Gasteiger partial charge is 0.322 e. The number of para-hydroxylation sites is 1. The molecule has 2 heterocycles. The van der Waals surface area contributed by atoms with Crippen molar-refractivity contribution < 1.29 is 9.80 Å². The maximum Gasteiger partial charge on any atom is 0.166 e. The zero-order valence-electron chi connectivity index (χ0n) is 13.7. The van der Waals surface area contributed by atoms with Crippen LogP contribution in [0.5, 0.6) is 0 Å². The Morgan fingerprint density at radius 3 is 2.33 bits per heavy atom. The predicted octanol–water partition coefficient (Wildman–Crippen LogP) is 1.37. The Labute approximate surface area is 151 Å². The average molecular weight is 358 g/mol. The first-order chi connectivity index (χ1) is 11.8. The topological polar surface area (TPSA) is 13.8 Å². The summed E-state index contributed by atoms with van der Waals surface area (Å²) in [5, 5.41) is 0. The van der Waals surface area contributed by atoms with Crippen LogP contribution >= 0.6 is 23.6 Å². The van der Waals surface area contributed by atoms with Gasteiger partial charge < -0.3 is 9.80 Å². The van der Waals surface area contributed by atoms with Crippen molar-refractivity contribution in [3.63, 3.8) is 0 Å². The fraction of sp³-hybridized carbons (Fsp3) is 0.316. The summed E-state index contributed by atoms with van der Waals surface area (Å²) in [5.41, 5.74) is 2.74. The molecule has 4 rings (SSSR count). The Morgan fingerprint density at radius 1 is 0.875 bits per heavy atom. The lowest BCUT2D eigenvalue weighted by Gasteiger charge is -2.30. The van der Waals surface area contributed by atoms with E-state index in [0.717, 1.165) is 17.2 Å². The highest BCUT2D eigenvalue weighted by Crippen LogP contribution is 2.21. The summed E-state index contributed by atoms with van der Waals surface area (Å²) in [5.74, 6) is 0. The smallest absolute Gasteiger partial charge is 0.166 e. The number of piperazine rings is 1. The molecule has 1 saturated heterocycles.